The summed E-state index contributed by atoms with van der Waals surface area (Å²) in [6, 6.07) is 11.2. The molecule has 0 saturated carbocycles. The molecule has 1 amide bonds. The van der Waals surface area contributed by atoms with E-state index in [4.69, 9.17) is 5.26 Å². The molecular formula is C26H28F4N4O. The Morgan fingerprint density at radius 3 is 2.49 bits per heavy atom. The van der Waals surface area contributed by atoms with E-state index in [2.05, 4.69) is 4.90 Å². The lowest BCUT2D eigenvalue weighted by molar-refractivity contribution is -0.137. The van der Waals surface area contributed by atoms with Crippen LogP contribution in [0.3, 0.4) is 0 Å². The van der Waals surface area contributed by atoms with E-state index in [1.54, 1.807) is 31.1 Å². The van der Waals surface area contributed by atoms with Crippen molar-refractivity contribution in [2.75, 3.05) is 38.6 Å². The van der Waals surface area contributed by atoms with Crippen molar-refractivity contribution in [1.29, 1.82) is 5.26 Å². The van der Waals surface area contributed by atoms with Crippen molar-refractivity contribution in [3.05, 3.63) is 65.0 Å². The number of alkyl halides is 3. The van der Waals surface area contributed by atoms with E-state index in [9.17, 15) is 22.4 Å². The van der Waals surface area contributed by atoms with E-state index in [-0.39, 0.29) is 17.1 Å². The van der Waals surface area contributed by atoms with Gasteiger partial charge in [0, 0.05) is 32.9 Å². The van der Waals surface area contributed by atoms with Gasteiger partial charge in [0.25, 0.3) is 0 Å². The third-order valence-electron chi connectivity index (χ3n) is 7.21. The highest BCUT2D eigenvalue weighted by molar-refractivity contribution is 5.86. The standard InChI is InChI=1S/C26H28F4N4O/c1-32(2)24(35)23-14-25(8-10-33(11-9-25)16-18-4-3-5-20(27)12-18)17-34(23)21-7-6-19(15-31)22(13-21)26(28,29)30/h3-7,12-13,23H,8-11,14,16-17H2,1-2H3. The van der Waals surface area contributed by atoms with Crippen LogP contribution in [0, 0.1) is 22.6 Å². The first-order valence-electron chi connectivity index (χ1n) is 11.6. The maximum Gasteiger partial charge on any atom is 0.417 e. The van der Waals surface area contributed by atoms with E-state index < -0.39 is 23.3 Å². The van der Waals surface area contributed by atoms with Crippen LogP contribution in [0.5, 0.6) is 0 Å². The van der Waals surface area contributed by atoms with Crippen molar-refractivity contribution in [3.8, 4) is 6.07 Å². The van der Waals surface area contributed by atoms with Crippen molar-refractivity contribution in [2.45, 2.75) is 38.0 Å². The molecule has 4 rings (SSSR count). The summed E-state index contributed by atoms with van der Waals surface area (Å²) in [6.07, 6.45) is -2.53. The zero-order chi connectivity index (χ0) is 25.4. The Bertz CT molecular complexity index is 1130. The maximum atomic E-state index is 13.6. The number of hydrogen-bond donors (Lipinski definition) is 0. The van der Waals surface area contributed by atoms with Gasteiger partial charge in [-0.3, -0.25) is 9.69 Å². The molecule has 0 aliphatic carbocycles. The molecule has 5 nitrogen and oxygen atoms in total. The molecule has 35 heavy (non-hydrogen) atoms. The predicted molar refractivity (Wildman–Crippen MR) is 124 cm³/mol. The molecule has 2 aliphatic heterocycles. The smallest absolute Gasteiger partial charge is 0.359 e. The van der Waals surface area contributed by atoms with Crippen LogP contribution in [0.15, 0.2) is 42.5 Å². The monoisotopic (exact) mass is 488 g/mol. The lowest BCUT2D eigenvalue weighted by atomic mass is 9.76. The van der Waals surface area contributed by atoms with Gasteiger partial charge in [0.05, 0.1) is 17.2 Å². The average Bonchev–Trinajstić information content (AvgIpc) is 3.18. The van der Waals surface area contributed by atoms with Crippen LogP contribution in [0.1, 0.15) is 36.0 Å². The number of nitriles is 1. The van der Waals surface area contributed by atoms with Crippen molar-refractivity contribution in [1.82, 2.24) is 9.80 Å². The maximum absolute atomic E-state index is 13.6. The van der Waals surface area contributed by atoms with E-state index >= 15 is 0 Å². The first-order chi connectivity index (χ1) is 16.5. The van der Waals surface area contributed by atoms with Crippen LogP contribution in [0.4, 0.5) is 23.2 Å². The highest BCUT2D eigenvalue weighted by Crippen LogP contribution is 2.46. The van der Waals surface area contributed by atoms with E-state index in [1.165, 1.54) is 29.2 Å². The van der Waals surface area contributed by atoms with Gasteiger partial charge in [0.2, 0.25) is 5.91 Å². The molecule has 2 heterocycles. The minimum atomic E-state index is -4.66. The first-order valence-corrected chi connectivity index (χ1v) is 11.6. The Hall–Kier alpha value is -3.12. The third kappa shape index (κ3) is 5.27. The molecule has 0 aromatic heterocycles. The molecular weight excluding hydrogens is 460 g/mol. The number of carbonyl (C=O) groups is 1. The number of halogens is 4. The van der Waals surface area contributed by atoms with Crippen molar-refractivity contribution < 1.29 is 22.4 Å². The normalized spacial score (nSPS) is 20.1. The number of piperidine rings is 1. The van der Waals surface area contributed by atoms with Gasteiger partial charge in [-0.25, -0.2) is 4.39 Å². The number of amides is 1. The number of rotatable bonds is 4. The van der Waals surface area contributed by atoms with Gasteiger partial charge in [0.1, 0.15) is 11.9 Å². The van der Waals surface area contributed by atoms with Crippen LogP contribution in [-0.2, 0) is 17.5 Å². The second-order valence-corrected chi connectivity index (χ2v) is 9.83. The number of nitrogens with zero attached hydrogens (tertiary/aromatic N) is 4. The topological polar surface area (TPSA) is 50.6 Å². The van der Waals surface area contributed by atoms with Gasteiger partial charge < -0.3 is 9.80 Å². The Morgan fingerprint density at radius 2 is 1.89 bits per heavy atom. The van der Waals surface area contributed by atoms with Gasteiger partial charge in [-0.1, -0.05) is 12.1 Å². The van der Waals surface area contributed by atoms with Crippen LogP contribution >= 0.6 is 0 Å². The highest BCUT2D eigenvalue weighted by Gasteiger charge is 2.49. The molecule has 2 aromatic carbocycles. The van der Waals surface area contributed by atoms with Crippen molar-refractivity contribution in [3.63, 3.8) is 0 Å². The van der Waals surface area contributed by atoms with E-state index in [1.807, 2.05) is 6.07 Å². The number of hydrogen-bond acceptors (Lipinski definition) is 4. The van der Waals surface area contributed by atoms with Gasteiger partial charge >= 0.3 is 6.18 Å². The fourth-order valence-corrected chi connectivity index (χ4v) is 5.33. The van der Waals surface area contributed by atoms with Crippen molar-refractivity contribution in [2.24, 2.45) is 5.41 Å². The van der Waals surface area contributed by atoms with Crippen LogP contribution in [0.2, 0.25) is 0 Å². The summed E-state index contributed by atoms with van der Waals surface area (Å²) in [7, 11) is 3.29. The van der Waals surface area contributed by atoms with E-state index in [0.717, 1.165) is 37.6 Å². The second-order valence-electron chi connectivity index (χ2n) is 9.83. The molecule has 0 N–H and O–H groups in total. The number of carbonyl (C=O) groups excluding carboxylic acids is 1. The SMILES string of the molecule is CN(C)C(=O)C1CC2(CCN(Cc3cccc(F)c3)CC2)CN1c1ccc(C#N)c(C(F)(F)F)c1. The Morgan fingerprint density at radius 1 is 1.17 bits per heavy atom. The Balaban J connectivity index is 1.56. The number of benzene rings is 2. The highest BCUT2D eigenvalue weighted by atomic mass is 19.4. The molecule has 2 saturated heterocycles. The summed E-state index contributed by atoms with van der Waals surface area (Å²) >= 11 is 0. The summed E-state index contributed by atoms with van der Waals surface area (Å²) in [5.74, 6) is -0.421. The molecule has 186 valence electrons. The van der Waals surface area contributed by atoms with E-state index in [0.29, 0.717) is 25.2 Å². The average molecular weight is 489 g/mol. The minimum absolute atomic E-state index is 0.151. The molecule has 0 bridgehead atoms. The van der Waals surface area contributed by atoms with Gasteiger partial charge in [0.15, 0.2) is 0 Å². The Kier molecular flexibility index (Phi) is 6.78. The quantitative estimate of drug-likeness (QED) is 0.588. The minimum Gasteiger partial charge on any atom is -0.359 e. The molecule has 2 aromatic rings. The molecule has 1 atom stereocenters. The zero-order valence-corrected chi connectivity index (χ0v) is 19.8. The molecule has 2 aliphatic rings. The van der Waals surface area contributed by atoms with Crippen LogP contribution in [0.25, 0.3) is 0 Å². The number of likely N-dealkylation sites (tertiary alicyclic amines) is 1. The second kappa shape index (κ2) is 9.50. The summed E-state index contributed by atoms with van der Waals surface area (Å²) < 4.78 is 54.4. The molecule has 0 radical (unpaired) electrons. The van der Waals surface area contributed by atoms with Crippen LogP contribution in [-0.4, -0.2) is 55.5 Å². The zero-order valence-electron chi connectivity index (χ0n) is 19.8. The molecule has 1 spiro atoms. The Labute approximate surface area is 202 Å². The lowest BCUT2D eigenvalue weighted by Crippen LogP contribution is -2.43. The van der Waals surface area contributed by atoms with Gasteiger partial charge in [-0.05, 0) is 73.7 Å². The number of likely N-dealkylation sites (N-methyl/N-ethyl adjacent to an activating group) is 1. The summed E-state index contributed by atoms with van der Waals surface area (Å²) in [4.78, 5) is 18.6. The largest absolute Gasteiger partial charge is 0.417 e. The van der Waals surface area contributed by atoms with Crippen LogP contribution < -0.4 is 4.90 Å². The van der Waals surface area contributed by atoms with Gasteiger partial charge in [-0.15, -0.1) is 0 Å². The van der Waals surface area contributed by atoms with Gasteiger partial charge in [-0.2, -0.15) is 18.4 Å². The fraction of sp³-hybridized carbons (Fsp3) is 0.462. The first kappa shape index (κ1) is 25.0. The molecule has 1 unspecified atom stereocenters. The molecule has 2 fully saturated rings. The third-order valence-corrected chi connectivity index (χ3v) is 7.21. The summed E-state index contributed by atoms with van der Waals surface area (Å²) in [6.45, 7) is 2.61. The summed E-state index contributed by atoms with van der Waals surface area (Å²) in [5.41, 5.74) is -0.431. The number of anilines is 1. The van der Waals surface area contributed by atoms with Crippen molar-refractivity contribution >= 4 is 11.6 Å². The molecule has 9 heteroatoms. The summed E-state index contributed by atoms with van der Waals surface area (Å²) in [5, 5.41) is 9.15. The lowest BCUT2D eigenvalue weighted by Gasteiger charge is -2.39. The fourth-order valence-electron chi connectivity index (χ4n) is 5.33. The predicted octanol–water partition coefficient (Wildman–Crippen LogP) is 4.67.